The molecule has 1 aliphatic carbocycles. The van der Waals surface area contributed by atoms with Gasteiger partial charge in [-0.3, -0.25) is 0 Å². The standard InChI is InChI=1S/C8H13N3OS/c9-6-3-1-2-4-7(6)12-8-11-10-5-13-8/h5-7H,1-4,9H2. The summed E-state index contributed by atoms with van der Waals surface area (Å²) in [5.41, 5.74) is 7.60. The van der Waals surface area contributed by atoms with Crippen LogP contribution in [0.25, 0.3) is 0 Å². The average molecular weight is 199 g/mol. The maximum absolute atomic E-state index is 5.93. The third-order valence-electron chi connectivity index (χ3n) is 2.35. The molecule has 5 heteroatoms. The van der Waals surface area contributed by atoms with Crippen molar-refractivity contribution in [3.05, 3.63) is 5.51 Å². The summed E-state index contributed by atoms with van der Waals surface area (Å²) in [7, 11) is 0. The second kappa shape index (κ2) is 4.02. The minimum atomic E-state index is 0.140. The minimum Gasteiger partial charge on any atom is -0.464 e. The van der Waals surface area contributed by atoms with E-state index in [2.05, 4.69) is 10.2 Å². The van der Waals surface area contributed by atoms with Crippen molar-refractivity contribution in [1.29, 1.82) is 0 Å². The number of rotatable bonds is 2. The third-order valence-corrected chi connectivity index (χ3v) is 2.93. The summed E-state index contributed by atoms with van der Waals surface area (Å²) in [6, 6.07) is 0.164. The van der Waals surface area contributed by atoms with E-state index < -0.39 is 0 Å². The maximum atomic E-state index is 5.93. The normalized spacial score (nSPS) is 28.7. The first-order valence-electron chi connectivity index (χ1n) is 4.54. The first-order chi connectivity index (χ1) is 6.36. The summed E-state index contributed by atoms with van der Waals surface area (Å²) in [6.07, 6.45) is 4.67. The number of nitrogens with zero attached hydrogens (tertiary/aromatic N) is 2. The van der Waals surface area contributed by atoms with Gasteiger partial charge in [0, 0.05) is 6.04 Å². The molecule has 0 saturated heterocycles. The molecule has 1 aromatic heterocycles. The molecule has 2 N–H and O–H groups in total. The van der Waals surface area contributed by atoms with E-state index in [0.717, 1.165) is 12.8 Å². The monoisotopic (exact) mass is 199 g/mol. The molecular formula is C8H13N3OS. The molecule has 1 aliphatic rings. The molecule has 0 radical (unpaired) electrons. The van der Waals surface area contributed by atoms with Crippen LogP contribution in [0.3, 0.4) is 0 Å². The summed E-state index contributed by atoms with van der Waals surface area (Å²) in [4.78, 5) is 0. The van der Waals surface area contributed by atoms with Gasteiger partial charge < -0.3 is 10.5 Å². The van der Waals surface area contributed by atoms with Gasteiger partial charge in [0.25, 0.3) is 5.19 Å². The molecule has 72 valence electrons. The van der Waals surface area contributed by atoms with Gasteiger partial charge in [-0.25, -0.2) is 0 Å². The Morgan fingerprint density at radius 2 is 2.31 bits per heavy atom. The van der Waals surface area contributed by atoms with Crippen LogP contribution < -0.4 is 10.5 Å². The molecule has 2 rings (SSSR count). The van der Waals surface area contributed by atoms with Gasteiger partial charge in [0.1, 0.15) is 11.6 Å². The highest BCUT2D eigenvalue weighted by Crippen LogP contribution is 2.23. The molecule has 1 saturated carbocycles. The lowest BCUT2D eigenvalue weighted by Crippen LogP contribution is -2.41. The predicted molar refractivity (Wildman–Crippen MR) is 50.8 cm³/mol. The van der Waals surface area contributed by atoms with E-state index in [0.29, 0.717) is 5.19 Å². The van der Waals surface area contributed by atoms with Crippen molar-refractivity contribution >= 4 is 11.3 Å². The number of nitrogens with two attached hydrogens (primary N) is 1. The van der Waals surface area contributed by atoms with E-state index in [4.69, 9.17) is 10.5 Å². The zero-order valence-corrected chi connectivity index (χ0v) is 8.17. The smallest absolute Gasteiger partial charge is 0.294 e. The zero-order chi connectivity index (χ0) is 9.10. The van der Waals surface area contributed by atoms with Crippen LogP contribution in [0, 0.1) is 0 Å². The molecule has 1 aromatic rings. The van der Waals surface area contributed by atoms with Crippen LogP contribution in [0.5, 0.6) is 5.19 Å². The van der Waals surface area contributed by atoms with Crippen molar-refractivity contribution < 1.29 is 4.74 Å². The predicted octanol–water partition coefficient (Wildman–Crippen LogP) is 1.19. The largest absolute Gasteiger partial charge is 0.464 e. The lowest BCUT2D eigenvalue weighted by atomic mass is 9.93. The number of hydrogen-bond donors (Lipinski definition) is 1. The van der Waals surface area contributed by atoms with Crippen molar-refractivity contribution in [1.82, 2.24) is 10.2 Å². The van der Waals surface area contributed by atoms with E-state index in [-0.39, 0.29) is 12.1 Å². The second-order valence-electron chi connectivity index (χ2n) is 3.31. The molecule has 4 nitrogen and oxygen atoms in total. The molecular weight excluding hydrogens is 186 g/mol. The Bertz CT molecular complexity index is 252. The van der Waals surface area contributed by atoms with Gasteiger partial charge in [-0.05, 0) is 19.3 Å². The van der Waals surface area contributed by atoms with Gasteiger partial charge in [-0.15, -0.1) is 10.2 Å². The van der Waals surface area contributed by atoms with Crippen LogP contribution in [0.2, 0.25) is 0 Å². The molecule has 1 fully saturated rings. The first-order valence-corrected chi connectivity index (χ1v) is 5.42. The molecule has 0 bridgehead atoms. The Kier molecular flexibility index (Phi) is 2.75. The molecule has 2 unspecified atom stereocenters. The lowest BCUT2D eigenvalue weighted by molar-refractivity contribution is 0.131. The highest BCUT2D eigenvalue weighted by atomic mass is 32.1. The summed E-state index contributed by atoms with van der Waals surface area (Å²) in [6.45, 7) is 0. The highest BCUT2D eigenvalue weighted by molar-refractivity contribution is 7.11. The van der Waals surface area contributed by atoms with E-state index in [1.807, 2.05) is 0 Å². The van der Waals surface area contributed by atoms with Crippen molar-refractivity contribution in [2.75, 3.05) is 0 Å². The average Bonchev–Trinajstić information content (AvgIpc) is 2.61. The Balaban J connectivity index is 1.93. The van der Waals surface area contributed by atoms with Crippen LogP contribution in [-0.4, -0.2) is 22.3 Å². The van der Waals surface area contributed by atoms with Crippen molar-refractivity contribution in [2.24, 2.45) is 5.73 Å². The topological polar surface area (TPSA) is 61.0 Å². The van der Waals surface area contributed by atoms with Crippen molar-refractivity contribution in [3.63, 3.8) is 0 Å². The Morgan fingerprint density at radius 3 is 3.00 bits per heavy atom. The number of ether oxygens (including phenoxy) is 1. The molecule has 0 amide bonds. The molecule has 0 aromatic carbocycles. The molecule has 0 aliphatic heterocycles. The fourth-order valence-corrected chi connectivity index (χ4v) is 2.07. The lowest BCUT2D eigenvalue weighted by Gasteiger charge is -2.27. The highest BCUT2D eigenvalue weighted by Gasteiger charge is 2.24. The van der Waals surface area contributed by atoms with Gasteiger partial charge in [0.05, 0.1) is 0 Å². The SMILES string of the molecule is NC1CCCCC1Oc1nncs1. The van der Waals surface area contributed by atoms with Crippen LogP contribution in [0.1, 0.15) is 25.7 Å². The summed E-state index contributed by atoms with van der Waals surface area (Å²) < 4.78 is 5.63. The van der Waals surface area contributed by atoms with Crippen molar-refractivity contribution in [2.45, 2.75) is 37.8 Å². The number of hydrogen-bond acceptors (Lipinski definition) is 5. The van der Waals surface area contributed by atoms with Gasteiger partial charge in [0.2, 0.25) is 0 Å². The van der Waals surface area contributed by atoms with Gasteiger partial charge in [-0.2, -0.15) is 0 Å². The zero-order valence-electron chi connectivity index (χ0n) is 7.35. The van der Waals surface area contributed by atoms with Crippen LogP contribution in [0.4, 0.5) is 0 Å². The maximum Gasteiger partial charge on any atom is 0.294 e. The first kappa shape index (κ1) is 8.90. The van der Waals surface area contributed by atoms with E-state index in [9.17, 15) is 0 Å². The van der Waals surface area contributed by atoms with Crippen molar-refractivity contribution in [3.8, 4) is 5.19 Å². The van der Waals surface area contributed by atoms with Crippen LogP contribution in [0.15, 0.2) is 5.51 Å². The molecule has 2 atom stereocenters. The minimum absolute atomic E-state index is 0.140. The molecule has 0 spiro atoms. The molecule has 13 heavy (non-hydrogen) atoms. The Hall–Kier alpha value is -0.680. The Morgan fingerprint density at radius 1 is 1.46 bits per heavy atom. The van der Waals surface area contributed by atoms with E-state index in [1.165, 1.54) is 24.2 Å². The van der Waals surface area contributed by atoms with E-state index in [1.54, 1.807) is 5.51 Å². The quantitative estimate of drug-likeness (QED) is 0.777. The fraction of sp³-hybridized carbons (Fsp3) is 0.750. The summed E-state index contributed by atoms with van der Waals surface area (Å²) >= 11 is 1.42. The summed E-state index contributed by atoms with van der Waals surface area (Å²) in [5, 5.41) is 8.19. The van der Waals surface area contributed by atoms with Gasteiger partial charge >= 0.3 is 0 Å². The molecule has 1 heterocycles. The summed E-state index contributed by atoms with van der Waals surface area (Å²) in [5.74, 6) is 0. The fourth-order valence-electron chi connectivity index (χ4n) is 1.62. The van der Waals surface area contributed by atoms with Gasteiger partial charge in [0.15, 0.2) is 0 Å². The number of aromatic nitrogens is 2. The van der Waals surface area contributed by atoms with Crippen LogP contribution >= 0.6 is 11.3 Å². The van der Waals surface area contributed by atoms with Gasteiger partial charge in [-0.1, -0.05) is 17.8 Å². The third kappa shape index (κ3) is 2.16. The van der Waals surface area contributed by atoms with E-state index >= 15 is 0 Å². The second-order valence-corrected chi connectivity index (χ2v) is 4.11. The van der Waals surface area contributed by atoms with Crippen LogP contribution in [-0.2, 0) is 0 Å². The Labute approximate surface area is 81.1 Å².